The van der Waals surface area contributed by atoms with E-state index in [1.54, 1.807) is 24.3 Å². The molecule has 0 saturated carbocycles. The largest absolute Gasteiger partial charge is 0.508 e. The van der Waals surface area contributed by atoms with Crippen molar-refractivity contribution in [2.75, 3.05) is 0 Å². The molecule has 0 saturated heterocycles. The summed E-state index contributed by atoms with van der Waals surface area (Å²) < 4.78 is 0. The fourth-order valence-corrected chi connectivity index (χ4v) is 1.60. The standard InChI is InChI=1S/C14H14O2/c1-10-2-4-11(5-3-10)14(16)12-6-8-13(15)9-7-12/h2-9,14-16H,1H3/t14-/m1/s1. The molecule has 0 aliphatic rings. The van der Waals surface area contributed by atoms with Gasteiger partial charge in [-0.25, -0.2) is 0 Å². The second kappa shape index (κ2) is 4.37. The Bertz CT molecular complexity index is 412. The third-order valence-electron chi connectivity index (χ3n) is 2.60. The molecule has 2 aromatic carbocycles. The molecular formula is C14H14O2. The van der Waals surface area contributed by atoms with Crippen LogP contribution in [0.2, 0.25) is 0 Å². The van der Waals surface area contributed by atoms with E-state index >= 15 is 0 Å². The number of aliphatic hydroxyl groups excluding tert-OH is 1. The van der Waals surface area contributed by atoms with E-state index in [0.29, 0.717) is 0 Å². The van der Waals surface area contributed by atoms with Gasteiger partial charge in [0, 0.05) is 0 Å². The van der Waals surface area contributed by atoms with Crippen molar-refractivity contribution in [3.8, 4) is 5.75 Å². The lowest BCUT2D eigenvalue weighted by Crippen LogP contribution is -1.98. The van der Waals surface area contributed by atoms with Gasteiger partial charge in [0.05, 0.1) is 0 Å². The van der Waals surface area contributed by atoms with Crippen LogP contribution in [0.25, 0.3) is 0 Å². The normalized spacial score (nSPS) is 12.4. The van der Waals surface area contributed by atoms with E-state index in [4.69, 9.17) is 5.11 Å². The number of rotatable bonds is 2. The molecule has 82 valence electrons. The SMILES string of the molecule is Cc1ccc([C@@H](O)c2ccc(O)cc2)cc1. The monoisotopic (exact) mass is 214 g/mol. The van der Waals surface area contributed by atoms with Crippen molar-refractivity contribution >= 4 is 0 Å². The summed E-state index contributed by atoms with van der Waals surface area (Å²) in [6.45, 7) is 2.01. The van der Waals surface area contributed by atoms with Crippen molar-refractivity contribution in [1.82, 2.24) is 0 Å². The fourth-order valence-electron chi connectivity index (χ4n) is 1.60. The van der Waals surface area contributed by atoms with Gasteiger partial charge in [-0.05, 0) is 30.2 Å². The van der Waals surface area contributed by atoms with Crippen molar-refractivity contribution in [3.63, 3.8) is 0 Å². The Labute approximate surface area is 94.8 Å². The summed E-state index contributed by atoms with van der Waals surface area (Å²) >= 11 is 0. The number of phenolic OH excluding ortho intramolecular Hbond substituents is 1. The highest BCUT2D eigenvalue weighted by Crippen LogP contribution is 2.23. The average molecular weight is 214 g/mol. The summed E-state index contributed by atoms with van der Waals surface area (Å²) in [7, 11) is 0. The highest BCUT2D eigenvalue weighted by molar-refractivity contribution is 5.34. The van der Waals surface area contributed by atoms with E-state index in [1.807, 2.05) is 31.2 Å². The quantitative estimate of drug-likeness (QED) is 0.807. The lowest BCUT2D eigenvalue weighted by Gasteiger charge is -2.11. The van der Waals surface area contributed by atoms with Gasteiger partial charge in [-0.1, -0.05) is 42.0 Å². The maximum atomic E-state index is 10.1. The van der Waals surface area contributed by atoms with Crippen LogP contribution >= 0.6 is 0 Å². The maximum Gasteiger partial charge on any atom is 0.115 e. The van der Waals surface area contributed by atoms with Crippen LogP contribution in [0.3, 0.4) is 0 Å². The van der Waals surface area contributed by atoms with Crippen LogP contribution in [0.15, 0.2) is 48.5 Å². The molecule has 0 heterocycles. The van der Waals surface area contributed by atoms with E-state index in [0.717, 1.165) is 11.1 Å². The molecule has 0 fully saturated rings. The first-order valence-corrected chi connectivity index (χ1v) is 5.20. The molecule has 0 amide bonds. The zero-order valence-electron chi connectivity index (χ0n) is 9.09. The van der Waals surface area contributed by atoms with Gasteiger partial charge in [0.15, 0.2) is 0 Å². The zero-order valence-corrected chi connectivity index (χ0v) is 9.09. The Hall–Kier alpha value is -1.80. The first-order valence-electron chi connectivity index (χ1n) is 5.20. The summed E-state index contributed by atoms with van der Waals surface area (Å²) in [5, 5.41) is 19.3. The van der Waals surface area contributed by atoms with E-state index in [2.05, 4.69) is 0 Å². The lowest BCUT2D eigenvalue weighted by molar-refractivity contribution is 0.220. The molecule has 2 N–H and O–H groups in total. The molecule has 0 unspecified atom stereocenters. The molecule has 2 aromatic rings. The number of hydrogen-bond donors (Lipinski definition) is 2. The van der Waals surface area contributed by atoms with Gasteiger partial charge in [-0.2, -0.15) is 0 Å². The summed E-state index contributed by atoms with van der Waals surface area (Å²) in [4.78, 5) is 0. The highest BCUT2D eigenvalue weighted by Gasteiger charge is 2.09. The second-order valence-electron chi connectivity index (χ2n) is 3.90. The Morgan fingerprint density at radius 3 is 1.75 bits per heavy atom. The van der Waals surface area contributed by atoms with Crippen LogP contribution in [0.1, 0.15) is 22.8 Å². The smallest absolute Gasteiger partial charge is 0.115 e. The van der Waals surface area contributed by atoms with Crippen LogP contribution < -0.4 is 0 Å². The van der Waals surface area contributed by atoms with Gasteiger partial charge in [0.2, 0.25) is 0 Å². The first-order chi connectivity index (χ1) is 7.66. The van der Waals surface area contributed by atoms with Gasteiger partial charge in [0.1, 0.15) is 11.9 Å². The van der Waals surface area contributed by atoms with E-state index in [-0.39, 0.29) is 5.75 Å². The highest BCUT2D eigenvalue weighted by atomic mass is 16.3. The Balaban J connectivity index is 2.28. The molecule has 2 rings (SSSR count). The van der Waals surface area contributed by atoms with E-state index in [9.17, 15) is 5.11 Å². The fraction of sp³-hybridized carbons (Fsp3) is 0.143. The molecule has 0 radical (unpaired) electrons. The first kappa shape index (κ1) is 10.7. The molecule has 0 aliphatic heterocycles. The molecule has 1 atom stereocenters. The second-order valence-corrected chi connectivity index (χ2v) is 3.90. The number of aromatic hydroxyl groups is 1. The van der Waals surface area contributed by atoms with Gasteiger partial charge in [-0.15, -0.1) is 0 Å². The summed E-state index contributed by atoms with van der Waals surface area (Å²) in [6.07, 6.45) is -0.638. The molecule has 0 aromatic heterocycles. The van der Waals surface area contributed by atoms with Crippen molar-refractivity contribution in [1.29, 1.82) is 0 Å². The van der Waals surface area contributed by atoms with Gasteiger partial charge < -0.3 is 10.2 Å². The Morgan fingerprint density at radius 1 is 0.812 bits per heavy atom. The minimum absolute atomic E-state index is 0.208. The molecule has 0 aliphatic carbocycles. The molecular weight excluding hydrogens is 200 g/mol. The van der Waals surface area contributed by atoms with Crippen molar-refractivity contribution in [2.24, 2.45) is 0 Å². The van der Waals surface area contributed by atoms with Crippen molar-refractivity contribution in [2.45, 2.75) is 13.0 Å². The van der Waals surface area contributed by atoms with Gasteiger partial charge >= 0.3 is 0 Å². The Morgan fingerprint density at radius 2 is 1.25 bits per heavy atom. The number of phenols is 1. The molecule has 0 spiro atoms. The third kappa shape index (κ3) is 2.23. The maximum absolute atomic E-state index is 10.1. The number of hydrogen-bond acceptors (Lipinski definition) is 2. The topological polar surface area (TPSA) is 40.5 Å². The zero-order chi connectivity index (χ0) is 11.5. The van der Waals surface area contributed by atoms with Gasteiger partial charge in [-0.3, -0.25) is 0 Å². The minimum atomic E-state index is -0.638. The predicted octanol–water partition coefficient (Wildman–Crippen LogP) is 2.78. The van der Waals surface area contributed by atoms with Gasteiger partial charge in [0.25, 0.3) is 0 Å². The van der Waals surface area contributed by atoms with Crippen molar-refractivity contribution in [3.05, 3.63) is 65.2 Å². The van der Waals surface area contributed by atoms with E-state index in [1.165, 1.54) is 5.56 Å². The Kier molecular flexibility index (Phi) is 2.93. The number of aryl methyl sites for hydroxylation is 1. The van der Waals surface area contributed by atoms with Crippen LogP contribution in [0.5, 0.6) is 5.75 Å². The van der Waals surface area contributed by atoms with Crippen molar-refractivity contribution < 1.29 is 10.2 Å². The number of aliphatic hydroxyl groups is 1. The predicted molar refractivity (Wildman–Crippen MR) is 63.3 cm³/mol. The summed E-state index contributed by atoms with van der Waals surface area (Å²) in [5.74, 6) is 0.208. The lowest BCUT2D eigenvalue weighted by atomic mass is 10.0. The molecule has 0 bridgehead atoms. The van der Waals surface area contributed by atoms with Crippen LogP contribution in [0.4, 0.5) is 0 Å². The van der Waals surface area contributed by atoms with Crippen LogP contribution in [-0.4, -0.2) is 10.2 Å². The van der Waals surface area contributed by atoms with Crippen LogP contribution in [-0.2, 0) is 0 Å². The van der Waals surface area contributed by atoms with Crippen LogP contribution in [0, 0.1) is 6.92 Å². The molecule has 2 nitrogen and oxygen atoms in total. The minimum Gasteiger partial charge on any atom is -0.508 e. The average Bonchev–Trinajstić information content (AvgIpc) is 2.30. The third-order valence-corrected chi connectivity index (χ3v) is 2.60. The summed E-state index contributed by atoms with van der Waals surface area (Å²) in [5.41, 5.74) is 2.81. The molecule has 2 heteroatoms. The summed E-state index contributed by atoms with van der Waals surface area (Å²) in [6, 6.07) is 14.4. The van der Waals surface area contributed by atoms with E-state index < -0.39 is 6.10 Å². The molecule has 16 heavy (non-hydrogen) atoms. The number of benzene rings is 2.